The molecule has 6 aromatic rings. The molecular formula is C42H46N14O10S2. The fourth-order valence-electron chi connectivity index (χ4n) is 6.28. The van der Waals surface area contributed by atoms with Crippen LogP contribution < -0.4 is 32.3 Å². The van der Waals surface area contributed by atoms with Gasteiger partial charge in [-0.3, -0.25) is 39.9 Å². The summed E-state index contributed by atoms with van der Waals surface area (Å²) in [6.07, 6.45) is 2.26. The summed E-state index contributed by atoms with van der Waals surface area (Å²) in [6.45, 7) is -0.410. The molecule has 356 valence electrons. The summed E-state index contributed by atoms with van der Waals surface area (Å²) in [5, 5.41) is 53.4. The van der Waals surface area contributed by atoms with Crippen LogP contribution in [0.15, 0.2) is 127 Å². The number of anilines is 2. The number of benzene rings is 4. The van der Waals surface area contributed by atoms with Gasteiger partial charge in [-0.15, -0.1) is 0 Å². The Kier molecular flexibility index (Phi) is 16.4. The molecule has 0 atom stereocenters. The Balaban J connectivity index is 1.41. The Bertz CT molecular complexity index is 3100. The van der Waals surface area contributed by atoms with E-state index >= 15 is 0 Å². The molecule has 0 saturated carbocycles. The van der Waals surface area contributed by atoms with Crippen molar-refractivity contribution < 1.29 is 46.4 Å². The summed E-state index contributed by atoms with van der Waals surface area (Å²) in [5.74, 6) is -0.931. The Labute approximate surface area is 387 Å². The first kappa shape index (κ1) is 49.6. The van der Waals surface area contributed by atoms with Crippen molar-refractivity contribution in [3.05, 3.63) is 131 Å². The van der Waals surface area contributed by atoms with E-state index in [1.165, 1.54) is 46.2 Å². The van der Waals surface area contributed by atoms with E-state index in [0.29, 0.717) is 11.4 Å². The second-order valence-corrected chi connectivity index (χ2v) is 17.2. The van der Waals surface area contributed by atoms with Gasteiger partial charge in [0.2, 0.25) is 34.4 Å². The van der Waals surface area contributed by atoms with Crippen LogP contribution >= 0.6 is 0 Å². The summed E-state index contributed by atoms with van der Waals surface area (Å²) in [4.78, 5) is 40.4. The molecule has 4 aromatic carbocycles. The van der Waals surface area contributed by atoms with Crippen molar-refractivity contribution in [2.24, 2.45) is 20.0 Å². The van der Waals surface area contributed by atoms with Gasteiger partial charge in [0.05, 0.1) is 36.0 Å². The highest BCUT2D eigenvalue weighted by Crippen LogP contribution is 2.27. The highest BCUT2D eigenvalue weighted by Gasteiger charge is 2.19. The zero-order valence-electron chi connectivity index (χ0n) is 35.8. The molecule has 68 heavy (non-hydrogen) atoms. The first-order chi connectivity index (χ1) is 32.5. The molecule has 0 aliphatic rings. The fourth-order valence-corrected chi connectivity index (χ4v) is 7.69. The molecule has 0 radical (unpaired) electrons. The van der Waals surface area contributed by atoms with E-state index in [1.807, 2.05) is 0 Å². The average molecular weight is 971 g/mol. The molecule has 0 saturated heterocycles. The zero-order chi connectivity index (χ0) is 48.8. The third-order valence-corrected chi connectivity index (χ3v) is 11.2. The standard InChI is InChI=1S/C42H46N14O10S2/c43-35(59)17-19-55(21-23-57)41-51-37(45-29-7-3-1-4-8-29)49-39(53-41)47-31-15-13-27(33(25-31)67(61,62)63)11-12-28-14-16-32(26-34(28)68(64,65)66)48-40-50-38(46-30-9-5-2-6-10-30)52-42(54-40)56(22-24-58)20-18-36(44)60/h1-16,25-26,57-58H,17-24H2,(H2,43,59)(H2,44,60)(H,61,62,63)(H,64,65,66)(H2,45,47,49,51,53)(H2,46,48,50,52,54). The van der Waals surface area contributed by atoms with Crippen LogP contribution in [0, 0.1) is 10.8 Å². The van der Waals surface area contributed by atoms with E-state index in [0.717, 1.165) is 12.1 Å². The van der Waals surface area contributed by atoms with Crippen LogP contribution in [-0.2, 0) is 20.2 Å². The van der Waals surface area contributed by atoms with E-state index in [9.17, 15) is 46.4 Å². The molecule has 2 aromatic heterocycles. The van der Waals surface area contributed by atoms with Gasteiger partial charge >= 0.3 is 0 Å². The lowest BCUT2D eigenvalue weighted by molar-refractivity contribution is 0.300. The summed E-state index contributed by atoms with van der Waals surface area (Å²) >= 11 is 0. The molecule has 0 unspecified atom stereocenters. The van der Waals surface area contributed by atoms with Crippen molar-refractivity contribution in [3.63, 3.8) is 0 Å². The fraction of sp³-hybridized carbons (Fsp3) is 0.190. The van der Waals surface area contributed by atoms with E-state index < -0.39 is 41.8 Å². The normalized spacial score (nSPS) is 13.1. The van der Waals surface area contributed by atoms with Gasteiger partial charge in [-0.1, -0.05) is 60.7 Å². The van der Waals surface area contributed by atoms with Crippen molar-refractivity contribution in [2.75, 3.05) is 49.2 Å². The maximum atomic E-state index is 12.8. The monoisotopic (exact) mass is 970 g/mol. The van der Waals surface area contributed by atoms with Gasteiger partial charge < -0.3 is 30.2 Å². The number of aliphatic hydroxyl groups excluding tert-OH is 4. The number of H-pyrrole nitrogens is 4. The first-order valence-corrected chi connectivity index (χ1v) is 23.2. The van der Waals surface area contributed by atoms with Gasteiger partial charge in [-0.2, -0.15) is 26.8 Å². The zero-order valence-corrected chi connectivity index (χ0v) is 37.4. The summed E-state index contributed by atoms with van der Waals surface area (Å²) in [6, 6.07) is 25.0. The molecule has 6 rings (SSSR count). The van der Waals surface area contributed by atoms with E-state index in [1.54, 1.807) is 60.7 Å². The minimum atomic E-state index is -4.96. The SMILES string of the molecule is N=C(O)CCN(CCO)c1nc(=Nc2ccccc2)[nH]c(=Nc2ccc(C=Cc3ccc(N=c4[nH]c(N(CCO)CCC(=N)O)nc(=Nc5ccccc5)[nH]4)cc3S(=O)(=O)O)c(S(=O)(=O)O)c2)[nH]1. The number of hydrogen-bond acceptors (Lipinski definition) is 16. The highest BCUT2D eigenvalue weighted by molar-refractivity contribution is 7.86. The van der Waals surface area contributed by atoms with Crippen LogP contribution in [0.3, 0.4) is 0 Å². The Morgan fingerprint density at radius 1 is 0.544 bits per heavy atom. The van der Waals surface area contributed by atoms with Crippen molar-refractivity contribution in [1.82, 2.24) is 29.9 Å². The lowest BCUT2D eigenvalue weighted by atomic mass is 10.1. The largest absolute Gasteiger partial charge is 0.497 e. The van der Waals surface area contributed by atoms with Crippen molar-refractivity contribution in [1.29, 1.82) is 10.8 Å². The molecule has 24 nitrogen and oxygen atoms in total. The molecule has 0 aliphatic carbocycles. The highest BCUT2D eigenvalue weighted by atomic mass is 32.2. The van der Waals surface area contributed by atoms with Gasteiger partial charge in [0.15, 0.2) is 11.8 Å². The van der Waals surface area contributed by atoms with Gasteiger partial charge in [0.25, 0.3) is 20.2 Å². The van der Waals surface area contributed by atoms with E-state index in [4.69, 9.17) is 10.8 Å². The van der Waals surface area contributed by atoms with Crippen molar-refractivity contribution in [2.45, 2.75) is 22.6 Å². The number of hydrogen-bond donors (Lipinski definition) is 12. The second-order valence-electron chi connectivity index (χ2n) is 14.4. The molecule has 0 aliphatic heterocycles. The molecular weight excluding hydrogens is 925 g/mol. The lowest BCUT2D eigenvalue weighted by Crippen LogP contribution is -2.36. The van der Waals surface area contributed by atoms with Crippen LogP contribution in [0.1, 0.15) is 24.0 Å². The second kappa shape index (κ2) is 22.5. The molecule has 26 heteroatoms. The third kappa shape index (κ3) is 14.3. The van der Waals surface area contributed by atoms with Crippen LogP contribution in [0.4, 0.5) is 34.6 Å². The molecule has 0 spiro atoms. The minimum absolute atomic E-state index is 0.000440. The Morgan fingerprint density at radius 2 is 0.926 bits per heavy atom. The predicted octanol–water partition coefficient (Wildman–Crippen LogP) is 2.83. The van der Waals surface area contributed by atoms with Gasteiger partial charge in [0.1, 0.15) is 9.79 Å². The topological polar surface area (TPSA) is 382 Å². The molecule has 2 heterocycles. The van der Waals surface area contributed by atoms with Gasteiger partial charge in [-0.25, -0.2) is 20.0 Å². The number of aromatic nitrogens is 6. The van der Waals surface area contributed by atoms with E-state index in [2.05, 4.69) is 49.9 Å². The van der Waals surface area contributed by atoms with Crippen LogP contribution in [0.25, 0.3) is 12.2 Å². The van der Waals surface area contributed by atoms with Crippen LogP contribution in [0.5, 0.6) is 0 Å². The van der Waals surface area contributed by atoms with Crippen molar-refractivity contribution >= 4 is 78.8 Å². The third-order valence-electron chi connectivity index (χ3n) is 9.38. The maximum Gasteiger partial charge on any atom is 0.295 e. The van der Waals surface area contributed by atoms with E-state index in [-0.39, 0.29) is 109 Å². The van der Waals surface area contributed by atoms with Crippen LogP contribution in [0.2, 0.25) is 0 Å². The quantitative estimate of drug-likeness (QED) is 0.0227. The lowest BCUT2D eigenvalue weighted by Gasteiger charge is -2.21. The number of aromatic amines is 4. The number of para-hydroxylation sites is 2. The first-order valence-electron chi connectivity index (χ1n) is 20.3. The number of nitrogens with zero attached hydrogens (tertiary/aromatic N) is 8. The molecule has 0 bridgehead atoms. The summed E-state index contributed by atoms with van der Waals surface area (Å²) in [5.41, 5.74) is 0.898. The molecule has 12 N–H and O–H groups in total. The Hall–Kier alpha value is -7.88. The van der Waals surface area contributed by atoms with Crippen LogP contribution in [-0.4, -0.2) is 127 Å². The smallest absolute Gasteiger partial charge is 0.295 e. The minimum Gasteiger partial charge on any atom is -0.497 e. The predicted molar refractivity (Wildman–Crippen MR) is 250 cm³/mol. The summed E-state index contributed by atoms with van der Waals surface area (Å²) in [7, 11) is -9.91. The van der Waals surface area contributed by atoms with Gasteiger partial charge in [0, 0.05) is 39.0 Å². The Morgan fingerprint density at radius 3 is 1.26 bits per heavy atom. The number of aliphatic hydroxyl groups is 4. The average Bonchev–Trinajstić information content (AvgIpc) is 3.28. The summed E-state index contributed by atoms with van der Waals surface area (Å²) < 4.78 is 71.8. The molecule has 0 amide bonds. The van der Waals surface area contributed by atoms with Crippen molar-refractivity contribution in [3.8, 4) is 0 Å². The number of nitrogens with one attached hydrogen (secondary N) is 6. The molecule has 0 fully saturated rings. The van der Waals surface area contributed by atoms with Gasteiger partial charge in [-0.05, 0) is 59.7 Å². The number of rotatable bonds is 20. The maximum absolute atomic E-state index is 12.8.